The molecule has 1 aliphatic rings. The lowest BCUT2D eigenvalue weighted by Gasteiger charge is -2.28. The fraction of sp³-hybridized carbons (Fsp3) is 0.571. The molecule has 2 rings (SSSR count). The second kappa shape index (κ2) is 9.57. The number of alkyl carbamates (subject to hydrolysis) is 1. The van der Waals surface area contributed by atoms with Gasteiger partial charge in [-0.2, -0.15) is 0 Å². The monoisotopic (exact) mass is 390 g/mol. The van der Waals surface area contributed by atoms with Crippen molar-refractivity contribution >= 4 is 18.0 Å². The zero-order valence-electron chi connectivity index (χ0n) is 17.0. The first-order valence-corrected chi connectivity index (χ1v) is 9.72. The Morgan fingerprint density at radius 1 is 1.04 bits per heavy atom. The number of rotatable bonds is 4. The van der Waals surface area contributed by atoms with E-state index in [2.05, 4.69) is 10.6 Å². The minimum absolute atomic E-state index is 0.270. The van der Waals surface area contributed by atoms with Gasteiger partial charge in [-0.15, -0.1) is 0 Å². The molecule has 2 N–H and O–H groups in total. The Labute approximate surface area is 166 Å². The molecule has 1 saturated carbocycles. The molecule has 154 valence electrons. The molecule has 1 aromatic rings. The standard InChI is InChI=1S/C21H30N2O5/c1-21(2,3)28-20(26)23-16-11-6-5-7-12-17(16)27-19(25)15-10-8-9-14(13-15)18(24)22-4/h8-10,13,16-17H,5-7,11-12H2,1-4H3,(H,22,24)(H,23,26)/t16-,17+/m1/s1. The number of carbonyl (C=O) groups excluding carboxylic acids is 3. The van der Waals surface area contributed by atoms with Gasteiger partial charge in [0, 0.05) is 12.6 Å². The van der Waals surface area contributed by atoms with E-state index in [1.807, 2.05) is 0 Å². The van der Waals surface area contributed by atoms with E-state index in [1.54, 1.807) is 39.0 Å². The highest BCUT2D eigenvalue weighted by atomic mass is 16.6. The molecule has 1 fully saturated rings. The van der Waals surface area contributed by atoms with Gasteiger partial charge in [-0.25, -0.2) is 9.59 Å². The third-order valence-corrected chi connectivity index (χ3v) is 4.50. The van der Waals surface area contributed by atoms with Crippen LogP contribution in [0.2, 0.25) is 0 Å². The van der Waals surface area contributed by atoms with Crippen molar-refractivity contribution in [3.05, 3.63) is 35.4 Å². The molecule has 0 unspecified atom stereocenters. The fourth-order valence-corrected chi connectivity index (χ4v) is 3.18. The van der Waals surface area contributed by atoms with Crippen molar-refractivity contribution in [3.8, 4) is 0 Å². The van der Waals surface area contributed by atoms with E-state index in [4.69, 9.17) is 9.47 Å². The van der Waals surface area contributed by atoms with Crippen LogP contribution in [0.1, 0.15) is 73.6 Å². The van der Waals surface area contributed by atoms with E-state index in [9.17, 15) is 14.4 Å². The van der Waals surface area contributed by atoms with E-state index in [-0.39, 0.29) is 11.9 Å². The minimum atomic E-state index is -0.596. The molecule has 0 heterocycles. The summed E-state index contributed by atoms with van der Waals surface area (Å²) in [5.41, 5.74) is 0.101. The van der Waals surface area contributed by atoms with Crippen molar-refractivity contribution in [1.82, 2.24) is 10.6 Å². The molecule has 0 saturated heterocycles. The van der Waals surface area contributed by atoms with Crippen LogP contribution in [0.3, 0.4) is 0 Å². The highest BCUT2D eigenvalue weighted by molar-refractivity contribution is 5.97. The summed E-state index contributed by atoms with van der Waals surface area (Å²) in [7, 11) is 1.53. The van der Waals surface area contributed by atoms with Crippen LogP contribution in [-0.4, -0.2) is 42.8 Å². The summed E-state index contributed by atoms with van der Waals surface area (Å²) in [4.78, 5) is 36.6. The number of hydrogen-bond acceptors (Lipinski definition) is 5. The number of carbonyl (C=O) groups is 3. The smallest absolute Gasteiger partial charge is 0.408 e. The molecule has 2 atom stereocenters. The maximum atomic E-state index is 12.7. The first kappa shape index (κ1) is 21.7. The van der Waals surface area contributed by atoms with Crippen LogP contribution < -0.4 is 10.6 Å². The molecule has 0 aliphatic heterocycles. The largest absolute Gasteiger partial charge is 0.457 e. The molecule has 7 heteroatoms. The third kappa shape index (κ3) is 6.55. The Morgan fingerprint density at radius 3 is 2.39 bits per heavy atom. The van der Waals surface area contributed by atoms with E-state index in [1.165, 1.54) is 13.1 Å². The number of nitrogens with one attached hydrogen (secondary N) is 2. The van der Waals surface area contributed by atoms with Gasteiger partial charge in [-0.05, 0) is 58.2 Å². The van der Waals surface area contributed by atoms with Crippen LogP contribution in [0.5, 0.6) is 0 Å². The predicted octanol–water partition coefficient (Wildman–Crippen LogP) is 3.43. The van der Waals surface area contributed by atoms with Gasteiger partial charge in [0.05, 0.1) is 11.6 Å². The quantitative estimate of drug-likeness (QED) is 0.607. The summed E-state index contributed by atoms with van der Waals surface area (Å²) < 4.78 is 11.1. The zero-order chi connectivity index (χ0) is 20.7. The van der Waals surface area contributed by atoms with Gasteiger partial charge in [-0.1, -0.05) is 18.9 Å². The van der Waals surface area contributed by atoms with Crippen LogP contribution in [-0.2, 0) is 9.47 Å². The second-order valence-electron chi connectivity index (χ2n) is 7.99. The highest BCUT2D eigenvalue weighted by Crippen LogP contribution is 2.23. The maximum absolute atomic E-state index is 12.7. The summed E-state index contributed by atoms with van der Waals surface area (Å²) in [5, 5.41) is 5.39. The summed E-state index contributed by atoms with van der Waals surface area (Å²) in [6, 6.07) is 6.10. The SMILES string of the molecule is CNC(=O)c1cccc(C(=O)O[C@H]2CCCCC[C@H]2NC(=O)OC(C)(C)C)c1. The molecule has 0 aromatic heterocycles. The van der Waals surface area contributed by atoms with Crippen molar-refractivity contribution < 1.29 is 23.9 Å². The molecular formula is C21H30N2O5. The summed E-state index contributed by atoms with van der Waals surface area (Å²) >= 11 is 0. The second-order valence-corrected chi connectivity index (χ2v) is 7.99. The summed E-state index contributed by atoms with van der Waals surface area (Å²) in [6.07, 6.45) is 3.32. The van der Waals surface area contributed by atoms with E-state index in [0.717, 1.165) is 25.7 Å². The van der Waals surface area contributed by atoms with Gasteiger partial charge in [0.1, 0.15) is 11.7 Å². The van der Waals surface area contributed by atoms with E-state index >= 15 is 0 Å². The first-order valence-electron chi connectivity index (χ1n) is 9.72. The number of hydrogen-bond donors (Lipinski definition) is 2. The molecule has 1 aliphatic carbocycles. The molecular weight excluding hydrogens is 360 g/mol. The van der Waals surface area contributed by atoms with Crippen molar-refractivity contribution in [1.29, 1.82) is 0 Å². The van der Waals surface area contributed by atoms with Crippen LogP contribution in [0.25, 0.3) is 0 Å². The molecule has 0 spiro atoms. The van der Waals surface area contributed by atoms with Crippen molar-refractivity contribution in [2.24, 2.45) is 0 Å². The molecule has 0 radical (unpaired) electrons. The lowest BCUT2D eigenvalue weighted by Crippen LogP contribution is -2.46. The lowest BCUT2D eigenvalue weighted by molar-refractivity contribution is 0.0122. The Kier molecular flexibility index (Phi) is 7.43. The van der Waals surface area contributed by atoms with Crippen LogP contribution in [0.15, 0.2) is 24.3 Å². The maximum Gasteiger partial charge on any atom is 0.408 e. The minimum Gasteiger partial charge on any atom is -0.457 e. The van der Waals surface area contributed by atoms with Crippen LogP contribution in [0, 0.1) is 0 Å². The average Bonchev–Trinajstić information content (AvgIpc) is 2.84. The number of ether oxygens (including phenoxy) is 2. The molecule has 2 amide bonds. The molecule has 0 bridgehead atoms. The van der Waals surface area contributed by atoms with Crippen LogP contribution >= 0.6 is 0 Å². The number of amides is 2. The molecule has 7 nitrogen and oxygen atoms in total. The Hall–Kier alpha value is -2.57. The topological polar surface area (TPSA) is 93.7 Å². The van der Waals surface area contributed by atoms with Crippen molar-refractivity contribution in [2.75, 3.05) is 7.05 Å². The number of esters is 1. The van der Waals surface area contributed by atoms with Gasteiger partial charge in [0.2, 0.25) is 0 Å². The van der Waals surface area contributed by atoms with Gasteiger partial charge >= 0.3 is 12.1 Å². The lowest BCUT2D eigenvalue weighted by atomic mass is 10.1. The summed E-state index contributed by atoms with van der Waals surface area (Å²) in [6.45, 7) is 5.41. The Bertz CT molecular complexity index is 711. The van der Waals surface area contributed by atoms with Crippen molar-refractivity contribution in [2.45, 2.75) is 70.6 Å². The fourth-order valence-electron chi connectivity index (χ4n) is 3.18. The molecule has 1 aromatic carbocycles. The van der Waals surface area contributed by atoms with E-state index < -0.39 is 23.8 Å². The van der Waals surface area contributed by atoms with Gasteiger partial charge in [0.25, 0.3) is 5.91 Å². The highest BCUT2D eigenvalue weighted by Gasteiger charge is 2.30. The Morgan fingerprint density at radius 2 is 1.71 bits per heavy atom. The molecule has 28 heavy (non-hydrogen) atoms. The summed E-state index contributed by atoms with van der Waals surface area (Å²) in [5.74, 6) is -0.776. The Balaban J connectivity index is 2.08. The normalized spacial score (nSPS) is 19.9. The predicted molar refractivity (Wildman–Crippen MR) is 105 cm³/mol. The number of benzene rings is 1. The average molecular weight is 390 g/mol. The zero-order valence-corrected chi connectivity index (χ0v) is 17.0. The van der Waals surface area contributed by atoms with Gasteiger partial charge < -0.3 is 20.1 Å². The first-order chi connectivity index (χ1) is 13.2. The third-order valence-electron chi connectivity index (χ3n) is 4.50. The van der Waals surface area contributed by atoms with Gasteiger partial charge in [0.15, 0.2) is 0 Å². The van der Waals surface area contributed by atoms with Crippen molar-refractivity contribution in [3.63, 3.8) is 0 Å². The van der Waals surface area contributed by atoms with E-state index in [0.29, 0.717) is 17.5 Å². The van der Waals surface area contributed by atoms with Crippen LogP contribution in [0.4, 0.5) is 4.79 Å². The van der Waals surface area contributed by atoms with Gasteiger partial charge in [-0.3, -0.25) is 4.79 Å².